The lowest BCUT2D eigenvalue weighted by molar-refractivity contribution is -0.113. The molecule has 0 bridgehead atoms. The average molecular weight is 233 g/mol. The van der Waals surface area contributed by atoms with Gasteiger partial charge in [-0.1, -0.05) is 40.2 Å². The summed E-state index contributed by atoms with van der Waals surface area (Å²) in [5.74, 6) is -0.291. The standard InChI is InChI=1S/C8H6BrClO/c9-5-6-3-1-2-4-7(6)8(10)11/h1-5,7H. The molecule has 1 rings (SSSR count). The van der Waals surface area contributed by atoms with Gasteiger partial charge in [-0.3, -0.25) is 4.79 Å². The second-order valence-corrected chi connectivity index (χ2v) is 2.97. The summed E-state index contributed by atoms with van der Waals surface area (Å²) in [5.41, 5.74) is 0.882. The van der Waals surface area contributed by atoms with E-state index in [1.165, 1.54) is 0 Å². The predicted octanol–water partition coefficient (Wildman–Crippen LogP) is 2.77. The molecule has 0 aliphatic heterocycles. The van der Waals surface area contributed by atoms with Gasteiger partial charge in [0.05, 0.1) is 5.92 Å². The predicted molar refractivity (Wildman–Crippen MR) is 49.6 cm³/mol. The first-order valence-electron chi connectivity index (χ1n) is 3.10. The Morgan fingerprint density at radius 2 is 2.36 bits per heavy atom. The molecule has 1 aliphatic rings. The van der Waals surface area contributed by atoms with Gasteiger partial charge in [-0.2, -0.15) is 0 Å². The number of halogens is 2. The van der Waals surface area contributed by atoms with Crippen molar-refractivity contribution in [2.45, 2.75) is 0 Å². The Balaban J connectivity index is 2.88. The summed E-state index contributed by atoms with van der Waals surface area (Å²) < 4.78 is 0. The molecule has 0 spiro atoms. The van der Waals surface area contributed by atoms with E-state index in [1.54, 1.807) is 11.1 Å². The summed E-state index contributed by atoms with van der Waals surface area (Å²) in [4.78, 5) is 12.5. The number of rotatable bonds is 1. The van der Waals surface area contributed by atoms with Gasteiger partial charge in [-0.15, -0.1) is 0 Å². The summed E-state index contributed by atoms with van der Waals surface area (Å²) in [6.07, 6.45) is 7.29. The minimum Gasteiger partial charge on any atom is -0.280 e. The number of carbonyl (C=O) groups is 1. The topological polar surface area (TPSA) is 17.1 Å². The van der Waals surface area contributed by atoms with E-state index in [-0.39, 0.29) is 11.2 Å². The molecule has 1 unspecified atom stereocenters. The number of carbonyl (C=O) groups excluding carboxylic acids is 1. The van der Waals surface area contributed by atoms with Gasteiger partial charge in [0.25, 0.3) is 0 Å². The van der Waals surface area contributed by atoms with Crippen molar-refractivity contribution in [1.82, 2.24) is 0 Å². The van der Waals surface area contributed by atoms with Crippen LogP contribution in [0, 0.1) is 5.92 Å². The van der Waals surface area contributed by atoms with Crippen molar-refractivity contribution in [2.75, 3.05) is 0 Å². The molecule has 0 N–H and O–H groups in total. The molecule has 0 amide bonds. The van der Waals surface area contributed by atoms with E-state index in [0.717, 1.165) is 5.57 Å². The van der Waals surface area contributed by atoms with Crippen LogP contribution in [-0.2, 0) is 4.79 Å². The van der Waals surface area contributed by atoms with E-state index >= 15 is 0 Å². The van der Waals surface area contributed by atoms with Crippen molar-refractivity contribution in [3.63, 3.8) is 0 Å². The number of hydrogen-bond acceptors (Lipinski definition) is 1. The van der Waals surface area contributed by atoms with E-state index in [4.69, 9.17) is 11.6 Å². The maximum atomic E-state index is 10.8. The maximum Gasteiger partial charge on any atom is 0.232 e. The summed E-state index contributed by atoms with van der Waals surface area (Å²) in [6, 6.07) is 0. The van der Waals surface area contributed by atoms with E-state index in [9.17, 15) is 4.79 Å². The van der Waals surface area contributed by atoms with Crippen molar-refractivity contribution in [2.24, 2.45) is 5.92 Å². The highest BCUT2D eigenvalue weighted by Crippen LogP contribution is 2.22. The normalized spacial score (nSPS) is 26.0. The fraction of sp³-hybridized carbons (Fsp3) is 0.125. The molecular formula is C8H6BrClO. The Labute approximate surface area is 78.6 Å². The van der Waals surface area contributed by atoms with E-state index < -0.39 is 0 Å². The molecule has 0 aromatic rings. The Hall–Kier alpha value is -0.340. The van der Waals surface area contributed by atoms with Gasteiger partial charge in [0, 0.05) is 0 Å². The van der Waals surface area contributed by atoms with E-state index in [1.807, 2.05) is 18.2 Å². The minimum atomic E-state index is -0.351. The lowest BCUT2D eigenvalue weighted by atomic mass is 9.98. The van der Waals surface area contributed by atoms with E-state index in [2.05, 4.69) is 15.9 Å². The van der Waals surface area contributed by atoms with Crippen LogP contribution < -0.4 is 0 Å². The zero-order chi connectivity index (χ0) is 8.27. The highest BCUT2D eigenvalue weighted by Gasteiger charge is 2.16. The molecule has 1 nitrogen and oxygen atoms in total. The van der Waals surface area contributed by atoms with E-state index in [0.29, 0.717) is 0 Å². The summed E-state index contributed by atoms with van der Waals surface area (Å²) >= 11 is 8.51. The van der Waals surface area contributed by atoms with Crippen LogP contribution in [0.3, 0.4) is 0 Å². The van der Waals surface area contributed by atoms with Crippen LogP contribution >= 0.6 is 27.5 Å². The Morgan fingerprint density at radius 3 is 2.82 bits per heavy atom. The zero-order valence-corrected chi connectivity index (χ0v) is 7.97. The van der Waals surface area contributed by atoms with Gasteiger partial charge in [0.15, 0.2) is 0 Å². The molecule has 11 heavy (non-hydrogen) atoms. The lowest BCUT2D eigenvalue weighted by Crippen LogP contribution is -2.08. The zero-order valence-electron chi connectivity index (χ0n) is 5.63. The second kappa shape index (κ2) is 3.88. The van der Waals surface area contributed by atoms with Crippen LogP contribution in [-0.4, -0.2) is 5.24 Å². The maximum absolute atomic E-state index is 10.8. The van der Waals surface area contributed by atoms with Gasteiger partial charge in [-0.25, -0.2) is 0 Å². The van der Waals surface area contributed by atoms with Crippen LogP contribution in [0.25, 0.3) is 0 Å². The van der Waals surface area contributed by atoms with Gasteiger partial charge < -0.3 is 0 Å². The third-order valence-corrected chi connectivity index (χ3v) is 2.20. The Kier molecular flexibility index (Phi) is 3.09. The molecule has 3 heteroatoms. The Morgan fingerprint density at radius 1 is 1.64 bits per heavy atom. The first-order chi connectivity index (χ1) is 5.25. The third kappa shape index (κ3) is 2.04. The highest BCUT2D eigenvalue weighted by atomic mass is 79.9. The van der Waals surface area contributed by atoms with Gasteiger partial charge >= 0.3 is 0 Å². The summed E-state index contributed by atoms with van der Waals surface area (Å²) in [5, 5.41) is -0.351. The first-order valence-corrected chi connectivity index (χ1v) is 4.39. The SMILES string of the molecule is O=C(Cl)C1C=CC=CC1=CBr. The van der Waals surface area contributed by atoms with Crippen molar-refractivity contribution < 1.29 is 4.79 Å². The van der Waals surface area contributed by atoms with Gasteiger partial charge in [-0.05, 0) is 22.2 Å². The van der Waals surface area contributed by atoms with Gasteiger partial charge in [0.1, 0.15) is 0 Å². The molecule has 0 fully saturated rings. The molecule has 0 saturated carbocycles. The average Bonchev–Trinajstić information content (AvgIpc) is 2.04. The number of allylic oxidation sites excluding steroid dienone is 5. The van der Waals surface area contributed by atoms with Crippen molar-refractivity contribution in [3.8, 4) is 0 Å². The van der Waals surface area contributed by atoms with Gasteiger partial charge in [0.2, 0.25) is 5.24 Å². The van der Waals surface area contributed by atoms with Crippen LogP contribution in [0.2, 0.25) is 0 Å². The van der Waals surface area contributed by atoms with Crippen LogP contribution in [0.5, 0.6) is 0 Å². The summed E-state index contributed by atoms with van der Waals surface area (Å²) in [7, 11) is 0. The fourth-order valence-corrected chi connectivity index (χ4v) is 1.50. The monoisotopic (exact) mass is 232 g/mol. The van der Waals surface area contributed by atoms with Crippen LogP contribution in [0.15, 0.2) is 34.9 Å². The molecule has 58 valence electrons. The number of hydrogen-bond donors (Lipinski definition) is 0. The van der Waals surface area contributed by atoms with Crippen molar-refractivity contribution in [1.29, 1.82) is 0 Å². The minimum absolute atomic E-state index is 0.291. The molecule has 0 aromatic carbocycles. The fourth-order valence-electron chi connectivity index (χ4n) is 0.868. The van der Waals surface area contributed by atoms with Crippen molar-refractivity contribution in [3.05, 3.63) is 34.9 Å². The molecule has 0 heterocycles. The molecule has 0 saturated heterocycles. The largest absolute Gasteiger partial charge is 0.280 e. The Bertz CT molecular complexity index is 253. The highest BCUT2D eigenvalue weighted by molar-refractivity contribution is 9.11. The lowest BCUT2D eigenvalue weighted by Gasteiger charge is -2.10. The molecule has 1 aliphatic carbocycles. The molecular weight excluding hydrogens is 227 g/mol. The van der Waals surface area contributed by atoms with Crippen LogP contribution in [0.4, 0.5) is 0 Å². The summed E-state index contributed by atoms with van der Waals surface area (Å²) in [6.45, 7) is 0. The van der Waals surface area contributed by atoms with Crippen molar-refractivity contribution >= 4 is 32.8 Å². The molecule has 1 atom stereocenters. The quantitative estimate of drug-likeness (QED) is 0.637. The van der Waals surface area contributed by atoms with Crippen LogP contribution in [0.1, 0.15) is 0 Å². The first kappa shape index (κ1) is 8.75. The second-order valence-electron chi connectivity index (χ2n) is 2.13. The molecule has 0 aromatic heterocycles. The smallest absolute Gasteiger partial charge is 0.232 e. The molecule has 0 radical (unpaired) electrons. The third-order valence-electron chi connectivity index (χ3n) is 1.43.